The molecule has 1 aliphatic rings. The molecule has 0 aliphatic carbocycles. The fraction of sp³-hybridized carbons (Fsp3) is 0.400. The Labute approximate surface area is 122 Å². The number of amides is 2. The van der Waals surface area contributed by atoms with Gasteiger partial charge in [0.25, 0.3) is 0 Å². The van der Waals surface area contributed by atoms with E-state index in [2.05, 4.69) is 5.32 Å². The molecule has 2 N–H and O–H groups in total. The second-order valence-electron chi connectivity index (χ2n) is 5.33. The molecule has 1 heterocycles. The molecule has 1 aromatic carbocycles. The Morgan fingerprint density at radius 1 is 1.38 bits per heavy atom. The van der Waals surface area contributed by atoms with E-state index in [1.807, 2.05) is 0 Å². The van der Waals surface area contributed by atoms with Crippen LogP contribution in [0.3, 0.4) is 0 Å². The number of carbonyl (C=O) groups excluding carboxylic acids is 2. The van der Waals surface area contributed by atoms with Gasteiger partial charge >= 0.3 is 5.97 Å². The Bertz CT molecular complexity index is 597. The van der Waals surface area contributed by atoms with Crippen LogP contribution in [-0.4, -0.2) is 41.4 Å². The van der Waals surface area contributed by atoms with E-state index in [-0.39, 0.29) is 29.7 Å². The van der Waals surface area contributed by atoms with E-state index >= 15 is 0 Å². The average Bonchev–Trinajstić information content (AvgIpc) is 2.43. The van der Waals surface area contributed by atoms with Crippen molar-refractivity contribution in [2.45, 2.75) is 19.8 Å². The van der Waals surface area contributed by atoms with Gasteiger partial charge in [0.1, 0.15) is 0 Å². The van der Waals surface area contributed by atoms with Crippen LogP contribution < -0.4 is 5.32 Å². The minimum atomic E-state index is -1.04. The number of anilines is 1. The van der Waals surface area contributed by atoms with Crippen molar-refractivity contribution in [2.24, 2.45) is 5.92 Å². The lowest BCUT2D eigenvalue weighted by atomic mass is 9.95. The van der Waals surface area contributed by atoms with Crippen molar-refractivity contribution in [1.29, 1.82) is 0 Å². The van der Waals surface area contributed by atoms with Crippen LogP contribution in [0.25, 0.3) is 0 Å². The second-order valence-corrected chi connectivity index (χ2v) is 5.33. The third kappa shape index (κ3) is 3.39. The van der Waals surface area contributed by atoms with E-state index < -0.39 is 5.97 Å². The summed E-state index contributed by atoms with van der Waals surface area (Å²) in [4.78, 5) is 36.4. The molecule has 2 amide bonds. The molecule has 0 aromatic heterocycles. The third-order valence-electron chi connectivity index (χ3n) is 3.77. The van der Waals surface area contributed by atoms with E-state index in [9.17, 15) is 14.4 Å². The second kappa shape index (κ2) is 5.95. The maximum atomic E-state index is 12.2. The molecule has 112 valence electrons. The Morgan fingerprint density at radius 3 is 2.71 bits per heavy atom. The highest BCUT2D eigenvalue weighted by molar-refractivity contribution is 5.97. The van der Waals surface area contributed by atoms with E-state index in [0.717, 1.165) is 5.56 Å². The number of nitrogens with one attached hydrogen (secondary N) is 1. The summed E-state index contributed by atoms with van der Waals surface area (Å²) < 4.78 is 0. The van der Waals surface area contributed by atoms with Gasteiger partial charge in [0.15, 0.2) is 0 Å². The number of carboxylic acids is 1. The number of carboxylic acid groups (broad SMARTS) is 1. The summed E-state index contributed by atoms with van der Waals surface area (Å²) in [5, 5.41) is 11.7. The van der Waals surface area contributed by atoms with Gasteiger partial charge in [-0.25, -0.2) is 4.79 Å². The van der Waals surface area contributed by atoms with Crippen molar-refractivity contribution in [3.05, 3.63) is 29.3 Å². The maximum absolute atomic E-state index is 12.2. The van der Waals surface area contributed by atoms with Gasteiger partial charge < -0.3 is 15.3 Å². The molecule has 6 heteroatoms. The first-order chi connectivity index (χ1) is 9.88. The predicted molar refractivity (Wildman–Crippen MR) is 77.1 cm³/mol. The summed E-state index contributed by atoms with van der Waals surface area (Å²) in [6.45, 7) is 2.35. The van der Waals surface area contributed by atoms with E-state index in [0.29, 0.717) is 18.7 Å². The number of nitrogens with zero attached hydrogens (tertiary/aromatic N) is 1. The van der Waals surface area contributed by atoms with Crippen LogP contribution in [0.15, 0.2) is 18.2 Å². The number of likely N-dealkylation sites (tertiary alicyclic amines) is 1. The molecule has 0 saturated carbocycles. The number of piperidine rings is 1. The van der Waals surface area contributed by atoms with Crippen molar-refractivity contribution in [2.75, 3.05) is 18.9 Å². The lowest BCUT2D eigenvalue weighted by molar-refractivity contribution is -0.137. The lowest BCUT2D eigenvalue weighted by Gasteiger charge is -2.28. The van der Waals surface area contributed by atoms with Gasteiger partial charge in [-0.2, -0.15) is 0 Å². The molecule has 1 aromatic rings. The Balaban J connectivity index is 2.11. The highest BCUT2D eigenvalue weighted by atomic mass is 16.4. The van der Waals surface area contributed by atoms with Crippen molar-refractivity contribution >= 4 is 23.5 Å². The number of carbonyl (C=O) groups is 3. The fourth-order valence-corrected chi connectivity index (χ4v) is 2.29. The molecule has 1 saturated heterocycles. The van der Waals surface area contributed by atoms with Crippen molar-refractivity contribution in [3.8, 4) is 0 Å². The van der Waals surface area contributed by atoms with Gasteiger partial charge in [-0.05, 0) is 31.0 Å². The molecule has 21 heavy (non-hydrogen) atoms. The first kappa shape index (κ1) is 15.0. The van der Waals surface area contributed by atoms with Gasteiger partial charge in [0.2, 0.25) is 11.8 Å². The summed E-state index contributed by atoms with van der Waals surface area (Å²) >= 11 is 0. The van der Waals surface area contributed by atoms with Gasteiger partial charge in [0, 0.05) is 31.6 Å². The molecule has 2 rings (SSSR count). The number of benzene rings is 1. The van der Waals surface area contributed by atoms with Crippen LogP contribution in [-0.2, 0) is 9.59 Å². The zero-order valence-electron chi connectivity index (χ0n) is 12.0. The topological polar surface area (TPSA) is 86.7 Å². The monoisotopic (exact) mass is 290 g/mol. The third-order valence-corrected chi connectivity index (χ3v) is 3.77. The molecule has 1 fully saturated rings. The molecular weight excluding hydrogens is 272 g/mol. The molecule has 0 bridgehead atoms. The average molecular weight is 290 g/mol. The van der Waals surface area contributed by atoms with E-state index in [1.54, 1.807) is 24.9 Å². The number of rotatable bonds is 3. The van der Waals surface area contributed by atoms with Crippen molar-refractivity contribution in [3.63, 3.8) is 0 Å². The van der Waals surface area contributed by atoms with Crippen molar-refractivity contribution in [1.82, 2.24) is 4.90 Å². The van der Waals surface area contributed by atoms with Crippen LogP contribution >= 0.6 is 0 Å². The number of aryl methyl sites for hydroxylation is 1. The molecule has 1 unspecified atom stereocenters. The Hall–Kier alpha value is -2.37. The van der Waals surface area contributed by atoms with Gasteiger partial charge in [-0.1, -0.05) is 6.07 Å². The molecule has 0 spiro atoms. The van der Waals surface area contributed by atoms with Gasteiger partial charge in [0.05, 0.1) is 5.56 Å². The van der Waals surface area contributed by atoms with E-state index in [4.69, 9.17) is 5.11 Å². The lowest BCUT2D eigenvalue weighted by Crippen LogP contribution is -2.40. The van der Waals surface area contributed by atoms with Crippen LogP contribution in [0.5, 0.6) is 0 Å². The molecule has 0 radical (unpaired) electrons. The molecular formula is C15H18N2O4. The standard InChI is InChI=1S/C15H18N2O4/c1-9-3-4-11(15(20)21)7-12(9)16-14(19)10-5-6-17(2)13(18)8-10/h3-4,7,10H,5-6,8H2,1-2H3,(H,16,19)(H,20,21). The van der Waals surface area contributed by atoms with Crippen LogP contribution in [0, 0.1) is 12.8 Å². The minimum absolute atomic E-state index is 0.0441. The summed E-state index contributed by atoms with van der Waals surface area (Å²) in [6, 6.07) is 4.58. The molecule has 1 aliphatic heterocycles. The zero-order chi connectivity index (χ0) is 15.6. The Kier molecular flexibility index (Phi) is 4.26. The predicted octanol–water partition coefficient (Wildman–Crippen LogP) is 1.50. The Morgan fingerprint density at radius 2 is 2.10 bits per heavy atom. The highest BCUT2D eigenvalue weighted by Crippen LogP contribution is 2.22. The largest absolute Gasteiger partial charge is 0.478 e. The highest BCUT2D eigenvalue weighted by Gasteiger charge is 2.28. The first-order valence-electron chi connectivity index (χ1n) is 6.77. The fourth-order valence-electron chi connectivity index (χ4n) is 2.29. The summed E-state index contributed by atoms with van der Waals surface area (Å²) in [5.41, 5.74) is 1.38. The summed E-state index contributed by atoms with van der Waals surface area (Å²) in [6.07, 6.45) is 0.811. The van der Waals surface area contributed by atoms with E-state index in [1.165, 1.54) is 12.1 Å². The first-order valence-corrected chi connectivity index (χ1v) is 6.77. The molecule has 6 nitrogen and oxygen atoms in total. The maximum Gasteiger partial charge on any atom is 0.335 e. The van der Waals surface area contributed by atoms with Gasteiger partial charge in [-0.3, -0.25) is 9.59 Å². The minimum Gasteiger partial charge on any atom is -0.478 e. The normalized spacial score (nSPS) is 18.5. The van der Waals surface area contributed by atoms with Crippen LogP contribution in [0.2, 0.25) is 0 Å². The number of hydrogen-bond acceptors (Lipinski definition) is 3. The quantitative estimate of drug-likeness (QED) is 0.883. The zero-order valence-corrected chi connectivity index (χ0v) is 12.0. The smallest absolute Gasteiger partial charge is 0.335 e. The summed E-state index contributed by atoms with van der Waals surface area (Å²) in [7, 11) is 1.72. The molecule has 1 atom stereocenters. The SMILES string of the molecule is Cc1ccc(C(=O)O)cc1NC(=O)C1CCN(C)C(=O)C1. The number of aromatic carboxylic acids is 1. The van der Waals surface area contributed by atoms with Crippen LogP contribution in [0.4, 0.5) is 5.69 Å². The van der Waals surface area contributed by atoms with Crippen molar-refractivity contribution < 1.29 is 19.5 Å². The van der Waals surface area contributed by atoms with Gasteiger partial charge in [-0.15, -0.1) is 0 Å². The summed E-state index contributed by atoms with van der Waals surface area (Å²) in [5.74, 6) is -1.68. The number of hydrogen-bond donors (Lipinski definition) is 2. The van der Waals surface area contributed by atoms with Crippen LogP contribution in [0.1, 0.15) is 28.8 Å².